The summed E-state index contributed by atoms with van der Waals surface area (Å²) in [5.41, 5.74) is 3.79. The lowest BCUT2D eigenvalue weighted by Crippen LogP contribution is -2.30. The molecule has 5 heteroatoms. The molecule has 0 bridgehead atoms. The molecule has 0 spiro atoms. The molecule has 2 aromatic rings. The molecule has 1 aliphatic carbocycles. The van der Waals surface area contributed by atoms with Crippen LogP contribution in [-0.2, 0) is 0 Å². The summed E-state index contributed by atoms with van der Waals surface area (Å²) in [4.78, 5) is 12.4. The maximum absolute atomic E-state index is 12.4. The highest BCUT2D eigenvalue weighted by atomic mass is 79.9. The van der Waals surface area contributed by atoms with Crippen LogP contribution in [0.1, 0.15) is 53.2 Å². The summed E-state index contributed by atoms with van der Waals surface area (Å²) < 4.78 is 0.952. The summed E-state index contributed by atoms with van der Waals surface area (Å²) in [7, 11) is 0. The molecule has 4 rings (SSSR count). The first-order valence-corrected chi connectivity index (χ1v) is 10.2. The molecule has 1 heterocycles. The Bertz CT molecular complexity index is 909. The molecule has 0 radical (unpaired) electrons. The Morgan fingerprint density at radius 1 is 1.26 bits per heavy atom. The lowest BCUT2D eigenvalue weighted by atomic mass is 9.76. The molecule has 1 aliphatic heterocycles. The minimum atomic E-state index is -0.0232. The maximum atomic E-state index is 12.4. The average molecular weight is 427 g/mol. The van der Waals surface area contributed by atoms with Crippen LogP contribution in [0.15, 0.2) is 53.0 Å². The number of allylic oxidation sites excluding steroid dienone is 2. The van der Waals surface area contributed by atoms with E-state index in [9.17, 15) is 9.90 Å². The first kappa shape index (κ1) is 18.1. The lowest BCUT2D eigenvalue weighted by Gasteiger charge is -2.38. The predicted molar refractivity (Wildman–Crippen MR) is 111 cm³/mol. The van der Waals surface area contributed by atoms with Crippen molar-refractivity contribution < 1.29 is 9.90 Å². The molecule has 0 saturated heterocycles. The van der Waals surface area contributed by atoms with Gasteiger partial charge in [-0.05, 0) is 60.7 Å². The number of aromatic hydroxyl groups is 1. The monoisotopic (exact) mass is 426 g/mol. The summed E-state index contributed by atoms with van der Waals surface area (Å²) in [6, 6.07) is 11.5. The molecule has 4 nitrogen and oxygen atoms in total. The van der Waals surface area contributed by atoms with Gasteiger partial charge in [0.15, 0.2) is 0 Å². The Morgan fingerprint density at radius 3 is 2.93 bits per heavy atom. The normalized spacial score (nSPS) is 22.7. The molecular weight excluding hydrogens is 404 g/mol. The Morgan fingerprint density at radius 2 is 2.11 bits per heavy atom. The summed E-state index contributed by atoms with van der Waals surface area (Å²) >= 11 is 3.51. The van der Waals surface area contributed by atoms with Gasteiger partial charge in [0.2, 0.25) is 0 Å². The number of phenols is 1. The van der Waals surface area contributed by atoms with Crippen LogP contribution in [0.25, 0.3) is 0 Å². The van der Waals surface area contributed by atoms with Crippen LogP contribution < -0.4 is 10.6 Å². The van der Waals surface area contributed by atoms with Crippen molar-refractivity contribution in [1.29, 1.82) is 0 Å². The van der Waals surface area contributed by atoms with Crippen molar-refractivity contribution in [3.8, 4) is 5.75 Å². The summed E-state index contributed by atoms with van der Waals surface area (Å²) in [5.74, 6) is 0.834. The first-order valence-electron chi connectivity index (χ1n) is 9.42. The van der Waals surface area contributed by atoms with Crippen molar-refractivity contribution >= 4 is 27.5 Å². The highest BCUT2D eigenvalue weighted by molar-refractivity contribution is 9.10. The van der Waals surface area contributed by atoms with Gasteiger partial charge in [-0.2, -0.15) is 0 Å². The largest absolute Gasteiger partial charge is 0.508 e. The second kappa shape index (κ2) is 7.39. The van der Waals surface area contributed by atoms with Gasteiger partial charge in [-0.3, -0.25) is 4.79 Å². The predicted octanol–water partition coefficient (Wildman–Crippen LogP) is 5.12. The topological polar surface area (TPSA) is 61.4 Å². The molecule has 3 N–H and O–H groups in total. The second-order valence-corrected chi connectivity index (χ2v) is 8.15. The summed E-state index contributed by atoms with van der Waals surface area (Å²) in [5, 5.41) is 17.0. The van der Waals surface area contributed by atoms with Crippen molar-refractivity contribution in [2.75, 3.05) is 11.9 Å². The molecule has 3 unspecified atom stereocenters. The van der Waals surface area contributed by atoms with E-state index in [0.29, 0.717) is 23.8 Å². The van der Waals surface area contributed by atoms with Gasteiger partial charge in [-0.1, -0.05) is 35.0 Å². The Kier molecular flexibility index (Phi) is 4.96. The minimum absolute atomic E-state index is 0.0229. The number of nitrogens with one attached hydrogen (secondary N) is 2. The van der Waals surface area contributed by atoms with E-state index >= 15 is 0 Å². The molecule has 0 aromatic heterocycles. The van der Waals surface area contributed by atoms with Crippen molar-refractivity contribution in [3.05, 3.63) is 69.7 Å². The van der Waals surface area contributed by atoms with Gasteiger partial charge < -0.3 is 15.7 Å². The van der Waals surface area contributed by atoms with E-state index in [0.717, 1.165) is 34.1 Å². The van der Waals surface area contributed by atoms with Gasteiger partial charge in [0.1, 0.15) is 5.75 Å². The average Bonchev–Trinajstić information content (AvgIpc) is 3.17. The third kappa shape index (κ3) is 3.36. The van der Waals surface area contributed by atoms with Crippen molar-refractivity contribution in [2.24, 2.45) is 5.92 Å². The van der Waals surface area contributed by atoms with Crippen LogP contribution in [-0.4, -0.2) is 17.6 Å². The molecule has 0 fully saturated rings. The smallest absolute Gasteiger partial charge is 0.251 e. The van der Waals surface area contributed by atoms with Crippen LogP contribution in [0, 0.1) is 5.92 Å². The standard InChI is InChI=1S/C22H23BrN2O2/c1-2-10-24-22(27)13-6-8-19-17(11-13)15-4-3-5-16(15)21(25-19)18-12-14(23)7-9-20(18)26/h3-4,6-9,11-12,15-16,21,25-26H,2,5,10H2,1H3,(H,24,27). The molecule has 1 amide bonds. The third-order valence-corrected chi connectivity index (χ3v) is 5.98. The van der Waals surface area contributed by atoms with E-state index in [1.807, 2.05) is 37.3 Å². The molecular formula is C22H23BrN2O2. The number of anilines is 1. The number of amides is 1. The first-order chi connectivity index (χ1) is 13.1. The zero-order valence-electron chi connectivity index (χ0n) is 15.2. The van der Waals surface area contributed by atoms with Crippen molar-refractivity contribution in [2.45, 2.75) is 31.7 Å². The quantitative estimate of drug-likeness (QED) is 0.594. The van der Waals surface area contributed by atoms with Gasteiger partial charge in [-0.25, -0.2) is 0 Å². The fourth-order valence-electron chi connectivity index (χ4n) is 4.16. The molecule has 2 aliphatic rings. The van der Waals surface area contributed by atoms with Gasteiger partial charge >= 0.3 is 0 Å². The summed E-state index contributed by atoms with van der Waals surface area (Å²) in [6.45, 7) is 2.73. The molecule has 3 atom stereocenters. The van der Waals surface area contributed by atoms with Crippen molar-refractivity contribution in [1.82, 2.24) is 5.32 Å². The van der Waals surface area contributed by atoms with E-state index in [-0.39, 0.29) is 17.9 Å². The third-order valence-electron chi connectivity index (χ3n) is 5.49. The van der Waals surface area contributed by atoms with Gasteiger partial charge in [0, 0.05) is 33.7 Å². The summed E-state index contributed by atoms with van der Waals surface area (Å²) in [6.07, 6.45) is 6.31. The number of halogens is 1. The fourth-order valence-corrected chi connectivity index (χ4v) is 4.54. The van der Waals surface area contributed by atoms with Crippen LogP contribution in [0.4, 0.5) is 5.69 Å². The van der Waals surface area contributed by atoms with Gasteiger partial charge in [0.25, 0.3) is 5.91 Å². The van der Waals surface area contributed by atoms with Crippen molar-refractivity contribution in [3.63, 3.8) is 0 Å². The maximum Gasteiger partial charge on any atom is 0.251 e. The molecule has 140 valence electrons. The molecule has 27 heavy (non-hydrogen) atoms. The number of fused-ring (bicyclic) bond motifs is 3. The molecule has 0 saturated carbocycles. The van der Waals surface area contributed by atoms with E-state index in [2.05, 4.69) is 38.7 Å². The lowest BCUT2D eigenvalue weighted by molar-refractivity contribution is 0.0953. The Labute approximate surface area is 167 Å². The Hall–Kier alpha value is -2.27. The Balaban J connectivity index is 1.70. The highest BCUT2D eigenvalue weighted by Gasteiger charge is 2.39. The zero-order valence-corrected chi connectivity index (χ0v) is 16.8. The SMILES string of the molecule is CCCNC(=O)c1ccc2c(c1)C1C=CCC1C(c1cc(Br)ccc1O)N2. The van der Waals surface area contributed by atoms with E-state index in [1.165, 1.54) is 0 Å². The minimum Gasteiger partial charge on any atom is -0.508 e. The highest BCUT2D eigenvalue weighted by Crippen LogP contribution is 2.51. The van der Waals surface area contributed by atoms with E-state index in [1.54, 1.807) is 6.07 Å². The van der Waals surface area contributed by atoms with Crippen LogP contribution in [0.3, 0.4) is 0 Å². The van der Waals surface area contributed by atoms with Crippen LogP contribution >= 0.6 is 15.9 Å². The number of carbonyl (C=O) groups excluding carboxylic acids is 1. The number of hydrogen-bond donors (Lipinski definition) is 3. The molecule has 2 aromatic carbocycles. The van der Waals surface area contributed by atoms with Crippen LogP contribution in [0.2, 0.25) is 0 Å². The number of phenolic OH excluding ortho intramolecular Hbond substituents is 1. The number of benzene rings is 2. The van der Waals surface area contributed by atoms with Gasteiger partial charge in [0.05, 0.1) is 6.04 Å². The number of carbonyl (C=O) groups is 1. The second-order valence-electron chi connectivity index (χ2n) is 7.24. The van der Waals surface area contributed by atoms with E-state index < -0.39 is 0 Å². The zero-order chi connectivity index (χ0) is 19.0. The number of rotatable bonds is 4. The van der Waals surface area contributed by atoms with Crippen LogP contribution in [0.5, 0.6) is 5.75 Å². The number of hydrogen-bond acceptors (Lipinski definition) is 3. The van der Waals surface area contributed by atoms with Gasteiger partial charge in [-0.15, -0.1) is 0 Å². The van der Waals surface area contributed by atoms with E-state index in [4.69, 9.17) is 0 Å². The fraction of sp³-hybridized carbons (Fsp3) is 0.318.